The summed E-state index contributed by atoms with van der Waals surface area (Å²) in [5.74, 6) is -4.46. The first kappa shape index (κ1) is 79.3. The van der Waals surface area contributed by atoms with Gasteiger partial charge >= 0.3 is 18.2 Å². The number of aliphatic hydroxyl groups is 1. The van der Waals surface area contributed by atoms with Gasteiger partial charge in [0.1, 0.15) is 47.8 Å². The predicted octanol–water partition coefficient (Wildman–Crippen LogP) is 5.66. The van der Waals surface area contributed by atoms with Gasteiger partial charge in [0.15, 0.2) is 5.72 Å². The molecule has 1 fully saturated rings. The highest BCUT2D eigenvalue weighted by molar-refractivity contribution is 6.35. The summed E-state index contributed by atoms with van der Waals surface area (Å²) >= 11 is 6.82. The summed E-state index contributed by atoms with van der Waals surface area (Å²) in [7, 11) is 9.58. The molecule has 4 aromatic rings. The van der Waals surface area contributed by atoms with E-state index in [4.69, 9.17) is 44.8 Å². The third-order valence-corrected chi connectivity index (χ3v) is 17.6. The van der Waals surface area contributed by atoms with Crippen LogP contribution in [0.3, 0.4) is 0 Å². The van der Waals surface area contributed by atoms with E-state index in [0.717, 1.165) is 32.6 Å². The van der Waals surface area contributed by atoms with Crippen molar-refractivity contribution in [1.82, 2.24) is 46.5 Å². The van der Waals surface area contributed by atoms with Crippen LogP contribution in [-0.2, 0) is 88.1 Å². The lowest BCUT2D eigenvalue weighted by Crippen LogP contribution is -2.63. The lowest BCUT2D eigenvalue weighted by molar-refractivity contribution is -0.159. The number of ether oxygens (including phenoxy) is 7. The predicted molar refractivity (Wildman–Crippen MR) is 371 cm³/mol. The number of hydrogen-bond acceptors (Lipinski definition) is 19. The summed E-state index contributed by atoms with van der Waals surface area (Å²) in [4.78, 5) is 121. The molecule has 2 aliphatic rings. The second-order valence-electron chi connectivity index (χ2n) is 25.3. The highest BCUT2D eigenvalue weighted by Crippen LogP contribution is 2.38. The number of nitrogens with zero attached hydrogens (tertiary/aromatic N) is 4. The van der Waals surface area contributed by atoms with E-state index in [-0.39, 0.29) is 101 Å². The average molecular weight is 1400 g/mol. The Morgan fingerprint density at radius 1 is 0.859 bits per heavy atom. The fourth-order valence-corrected chi connectivity index (χ4v) is 11.6. The molecule has 0 saturated carbocycles. The molecule has 3 heterocycles. The van der Waals surface area contributed by atoms with E-state index in [2.05, 4.69) is 48.0 Å². The molecule has 542 valence electrons. The molecule has 4 bridgehead atoms. The van der Waals surface area contributed by atoms with Crippen molar-refractivity contribution in [2.75, 3.05) is 98.7 Å². The van der Waals surface area contributed by atoms with E-state index >= 15 is 0 Å². The van der Waals surface area contributed by atoms with Gasteiger partial charge in [-0.05, 0) is 104 Å². The minimum absolute atomic E-state index is 0.0465. The molecule has 8 N–H and O–H groups in total. The number of methoxy groups -OCH3 is 2. The number of carbonyl (C=O) groups excluding carboxylic acids is 9. The van der Waals surface area contributed by atoms with E-state index in [0.29, 0.717) is 42.2 Å². The fourth-order valence-electron chi connectivity index (χ4n) is 11.2. The van der Waals surface area contributed by atoms with E-state index in [9.17, 15) is 48.3 Å². The van der Waals surface area contributed by atoms with Crippen molar-refractivity contribution in [3.8, 4) is 5.75 Å². The number of likely N-dealkylation sites (N-methyl/N-ethyl adjacent to an activating group) is 1. The van der Waals surface area contributed by atoms with Crippen molar-refractivity contribution in [3.05, 3.63) is 112 Å². The van der Waals surface area contributed by atoms with Gasteiger partial charge in [0.05, 0.1) is 65.3 Å². The zero-order valence-electron chi connectivity index (χ0n) is 58.7. The van der Waals surface area contributed by atoms with Gasteiger partial charge in [-0.2, -0.15) is 0 Å². The van der Waals surface area contributed by atoms with Crippen molar-refractivity contribution in [1.29, 1.82) is 0 Å². The number of esters is 1. The molecule has 8 amide bonds. The lowest BCUT2D eigenvalue weighted by atomic mass is 9.83. The fraction of sp³-hybridized carbons (Fsp3) is 0.529. The van der Waals surface area contributed by atoms with E-state index in [1.54, 1.807) is 76.4 Å². The number of nitrogens with one attached hydrogen (secondary N) is 7. The molecule has 3 aromatic carbocycles. The van der Waals surface area contributed by atoms with Gasteiger partial charge in [-0.1, -0.05) is 93.4 Å². The van der Waals surface area contributed by atoms with Crippen LogP contribution in [0.5, 0.6) is 5.75 Å². The Bertz CT molecular complexity index is 3490. The Kier molecular flexibility index (Phi) is 31.0. The Hall–Kier alpha value is -8.64. The molecule has 29 heteroatoms. The molecular formula is C70H98ClN11O17. The number of amides is 8. The van der Waals surface area contributed by atoms with Crippen LogP contribution in [0.25, 0.3) is 10.9 Å². The molecule has 0 aliphatic carbocycles. The number of hydrazine groups is 1. The third-order valence-electron chi connectivity index (χ3n) is 17.3. The topological polar surface area (TPSA) is 337 Å². The van der Waals surface area contributed by atoms with Crippen molar-refractivity contribution >= 4 is 87.5 Å². The van der Waals surface area contributed by atoms with Crippen LogP contribution in [0.4, 0.5) is 21.0 Å². The Morgan fingerprint density at radius 2 is 1.57 bits per heavy atom. The van der Waals surface area contributed by atoms with Crippen LogP contribution in [0.15, 0.2) is 90.5 Å². The number of hydrogen-bond donors (Lipinski definition) is 8. The molecular weight excluding hydrogens is 1300 g/mol. The van der Waals surface area contributed by atoms with Crippen LogP contribution in [0.2, 0.25) is 5.02 Å². The number of fused-ring (bicyclic) bond motifs is 5. The van der Waals surface area contributed by atoms with Crippen molar-refractivity contribution < 1.29 is 81.4 Å². The molecule has 6 rings (SSSR count). The van der Waals surface area contributed by atoms with Crippen molar-refractivity contribution in [2.45, 2.75) is 136 Å². The SMILES string of the molecule is CNN(C)Cc1cc2ccccc2n1CCC(=O)NCC(=O)NCCOCCOCCC(=O)NC(C(=O)NCC(=O)Nc1ccc(COC(=O)N(C)[C@@H](C)C(=O)O[C@H]2CC(=O)N(C)c3cc(cc(OC)c3Cl)C/C(C)=C/C=C/[C@@H](OC)[C@@]3(O)C[C@H](OC(=O)N3)[C@@H](C)C[C@@H]2C)cc1)C(C)C. The minimum Gasteiger partial charge on any atom is -0.495 e. The molecule has 8 atom stereocenters. The second-order valence-corrected chi connectivity index (χ2v) is 25.6. The number of halogens is 1. The van der Waals surface area contributed by atoms with Gasteiger partial charge in [0.25, 0.3) is 0 Å². The zero-order chi connectivity index (χ0) is 72.5. The quantitative estimate of drug-likeness (QED) is 0.0135. The summed E-state index contributed by atoms with van der Waals surface area (Å²) in [5.41, 5.74) is 6.24. The number of allylic oxidation sites excluding steroid dienone is 3. The Balaban J connectivity index is 0.896. The summed E-state index contributed by atoms with van der Waals surface area (Å²) in [6, 6.07) is 17.8. The monoisotopic (exact) mass is 1400 g/mol. The number of anilines is 2. The maximum Gasteiger partial charge on any atom is 0.410 e. The molecule has 1 unspecified atom stereocenters. The van der Waals surface area contributed by atoms with Crippen LogP contribution in [-0.4, -0.2) is 198 Å². The third kappa shape index (κ3) is 24.1. The van der Waals surface area contributed by atoms with Gasteiger partial charge in [-0.25, -0.2) is 19.4 Å². The number of alkyl carbamates (subject to hydrolysis) is 1. The molecule has 0 radical (unpaired) electrons. The first-order valence-corrected chi connectivity index (χ1v) is 33.4. The smallest absolute Gasteiger partial charge is 0.410 e. The molecule has 28 nitrogen and oxygen atoms in total. The van der Waals surface area contributed by atoms with Gasteiger partial charge in [0, 0.05) is 77.5 Å². The van der Waals surface area contributed by atoms with Gasteiger partial charge in [0.2, 0.25) is 35.4 Å². The largest absolute Gasteiger partial charge is 0.495 e. The summed E-state index contributed by atoms with van der Waals surface area (Å²) < 4.78 is 41.8. The first-order chi connectivity index (χ1) is 47.1. The number of carbonyl (C=O) groups is 9. The van der Waals surface area contributed by atoms with Crippen LogP contribution in [0, 0.1) is 17.8 Å². The normalized spacial score (nSPS) is 20.5. The van der Waals surface area contributed by atoms with Crippen molar-refractivity contribution in [2.24, 2.45) is 17.8 Å². The lowest BCUT2D eigenvalue weighted by Gasteiger charge is -2.42. The number of rotatable bonds is 30. The maximum absolute atomic E-state index is 14.3. The Labute approximate surface area is 583 Å². The molecule has 1 aromatic heterocycles. The summed E-state index contributed by atoms with van der Waals surface area (Å²) in [5, 5.41) is 30.9. The highest BCUT2D eigenvalue weighted by Gasteiger charge is 2.47. The van der Waals surface area contributed by atoms with Crippen LogP contribution >= 0.6 is 11.6 Å². The summed E-state index contributed by atoms with van der Waals surface area (Å²) in [6.07, 6.45) is 1.06. The average Bonchev–Trinajstić information content (AvgIpc) is 1.80. The summed E-state index contributed by atoms with van der Waals surface area (Å²) in [6.45, 7) is 11.6. The van der Waals surface area contributed by atoms with Gasteiger partial charge in [-0.3, -0.25) is 44.4 Å². The van der Waals surface area contributed by atoms with Gasteiger partial charge in [-0.15, -0.1) is 0 Å². The van der Waals surface area contributed by atoms with Crippen LogP contribution in [0.1, 0.15) is 90.5 Å². The Morgan fingerprint density at radius 3 is 2.26 bits per heavy atom. The zero-order valence-corrected chi connectivity index (χ0v) is 59.4. The molecule has 1 saturated heterocycles. The minimum atomic E-state index is -1.85. The van der Waals surface area contributed by atoms with Gasteiger partial charge < -0.3 is 74.3 Å². The van der Waals surface area contributed by atoms with Crippen LogP contribution < -0.4 is 47.0 Å². The second kappa shape index (κ2) is 38.6. The number of para-hydroxylation sites is 1. The highest BCUT2D eigenvalue weighted by atomic mass is 35.5. The molecule has 99 heavy (non-hydrogen) atoms. The van der Waals surface area contributed by atoms with Crippen molar-refractivity contribution in [3.63, 3.8) is 0 Å². The first-order valence-electron chi connectivity index (χ1n) is 33.0. The number of benzene rings is 3. The standard InChI is InChI=1S/C70H98ClN11O17/c1-43(2)65(77-60(84)25-28-95-30-31-96-29-26-73-61(85)39-74-59(83)24-27-82-52(41-79(8)72-7)36-50-17-13-14-18-53(50)82)66(88)75-40-62(86)76-51-22-20-48(21-23-51)42-97-69(91)80(9)47(6)67(89)98-55-37-63(87)81(10)54-34-49(35-56(93-11)64(54)71)32-44(3)16-15-19-58(94-12)70(92)38-57(99-68(90)78-70)46(5)33-45(55)4/h13-23,34-36,43,45-47,55,57-58,65,72,92H,24-33,37-42H2,1-12H3,(H,73,85)(H,74,83)(H,75,88)(H,76,86)(H,77,84)(H,78,90)/b19-15+,44-16+/t45-,46-,47-,55-,57-,58+,65?,70-/m0/s1. The van der Waals surface area contributed by atoms with E-state index < -0.39 is 96.3 Å². The van der Waals surface area contributed by atoms with E-state index in [1.165, 1.54) is 33.1 Å². The molecule has 0 spiro atoms. The maximum atomic E-state index is 14.3. The number of aromatic nitrogens is 1. The van der Waals surface area contributed by atoms with E-state index in [1.807, 2.05) is 63.3 Å². The molecule has 2 aliphatic heterocycles. The number of aryl methyl sites for hydroxylation is 1.